The van der Waals surface area contributed by atoms with Gasteiger partial charge in [0, 0.05) is 17.0 Å². The Bertz CT molecular complexity index is 947. The molecule has 0 atom stereocenters. The van der Waals surface area contributed by atoms with Gasteiger partial charge in [-0.3, -0.25) is 4.79 Å². The van der Waals surface area contributed by atoms with Crippen LogP contribution in [0.2, 0.25) is 0 Å². The molecule has 7 heteroatoms. The molecule has 3 rings (SSSR count). The zero-order valence-corrected chi connectivity index (χ0v) is 13.7. The van der Waals surface area contributed by atoms with E-state index in [0.717, 1.165) is 10.9 Å². The van der Waals surface area contributed by atoms with Crippen LogP contribution in [0.3, 0.4) is 0 Å². The number of H-pyrrole nitrogens is 1. The predicted octanol–water partition coefficient (Wildman–Crippen LogP) is 2.65. The lowest BCUT2D eigenvalue weighted by Gasteiger charge is -2.03. The summed E-state index contributed by atoms with van der Waals surface area (Å²) >= 11 is 0. The van der Waals surface area contributed by atoms with Crippen LogP contribution in [-0.4, -0.2) is 36.4 Å². The number of nitrogens with zero attached hydrogens (tertiary/aromatic N) is 1. The van der Waals surface area contributed by atoms with Crippen molar-refractivity contribution in [1.29, 1.82) is 0 Å². The van der Waals surface area contributed by atoms with E-state index >= 15 is 0 Å². The molecule has 1 amide bonds. The Hall–Kier alpha value is -3.48. The molecule has 0 saturated heterocycles. The van der Waals surface area contributed by atoms with E-state index in [1.165, 1.54) is 19.4 Å². The minimum atomic E-state index is -0.371. The molecule has 3 aromatic rings. The molecular weight excluding hydrogens is 322 g/mol. The van der Waals surface area contributed by atoms with E-state index in [-0.39, 0.29) is 11.7 Å². The molecule has 7 nitrogen and oxygen atoms in total. The first-order valence-electron chi connectivity index (χ1n) is 7.48. The third-order valence-corrected chi connectivity index (χ3v) is 3.66. The summed E-state index contributed by atoms with van der Waals surface area (Å²) in [6.07, 6.45) is 1.43. The lowest BCUT2D eigenvalue weighted by atomic mass is 10.2. The van der Waals surface area contributed by atoms with Crippen molar-refractivity contribution in [3.63, 3.8) is 0 Å². The number of hydrogen-bond acceptors (Lipinski definition) is 5. The minimum Gasteiger partial charge on any atom is -0.504 e. The number of ether oxygens (including phenoxy) is 2. The van der Waals surface area contributed by atoms with Crippen LogP contribution in [0.15, 0.2) is 47.6 Å². The van der Waals surface area contributed by atoms with Gasteiger partial charge in [0.25, 0.3) is 5.91 Å². The summed E-state index contributed by atoms with van der Waals surface area (Å²) < 4.78 is 10.1. The van der Waals surface area contributed by atoms with E-state index in [4.69, 9.17) is 9.47 Å². The van der Waals surface area contributed by atoms with Gasteiger partial charge in [-0.2, -0.15) is 5.10 Å². The summed E-state index contributed by atoms with van der Waals surface area (Å²) in [5.41, 5.74) is 4.25. The number of rotatable bonds is 5. The fourth-order valence-electron chi connectivity index (χ4n) is 2.37. The molecule has 0 aliphatic rings. The average molecular weight is 339 g/mol. The highest BCUT2D eigenvalue weighted by Crippen LogP contribution is 2.25. The second-order valence-electron chi connectivity index (χ2n) is 5.27. The Morgan fingerprint density at radius 3 is 2.72 bits per heavy atom. The minimum absolute atomic E-state index is 0.00217. The van der Waals surface area contributed by atoms with E-state index in [9.17, 15) is 9.90 Å². The van der Waals surface area contributed by atoms with Crippen LogP contribution >= 0.6 is 0 Å². The van der Waals surface area contributed by atoms with Crippen molar-refractivity contribution >= 4 is 23.0 Å². The summed E-state index contributed by atoms with van der Waals surface area (Å²) in [4.78, 5) is 15.2. The van der Waals surface area contributed by atoms with Crippen LogP contribution in [-0.2, 0) is 0 Å². The number of fused-ring (bicyclic) bond motifs is 1. The maximum Gasteiger partial charge on any atom is 0.287 e. The Labute approximate surface area is 143 Å². The third-order valence-electron chi connectivity index (χ3n) is 3.66. The van der Waals surface area contributed by atoms with Crippen LogP contribution in [0.5, 0.6) is 17.2 Å². The average Bonchev–Trinajstić information content (AvgIpc) is 3.05. The Morgan fingerprint density at radius 2 is 2.00 bits per heavy atom. The molecule has 0 fully saturated rings. The Balaban J connectivity index is 1.70. The predicted molar refractivity (Wildman–Crippen MR) is 94.6 cm³/mol. The monoisotopic (exact) mass is 339 g/mol. The number of carbonyl (C=O) groups is 1. The van der Waals surface area contributed by atoms with Crippen LogP contribution in [0.25, 0.3) is 10.9 Å². The highest BCUT2D eigenvalue weighted by molar-refractivity contribution is 5.98. The fourth-order valence-corrected chi connectivity index (χ4v) is 2.37. The first-order chi connectivity index (χ1) is 12.1. The first-order valence-corrected chi connectivity index (χ1v) is 7.48. The van der Waals surface area contributed by atoms with Crippen molar-refractivity contribution in [3.8, 4) is 17.2 Å². The summed E-state index contributed by atoms with van der Waals surface area (Å²) in [6.45, 7) is 0. The number of hydrazone groups is 1. The van der Waals surface area contributed by atoms with Crippen molar-refractivity contribution < 1.29 is 19.4 Å². The number of benzene rings is 2. The summed E-state index contributed by atoms with van der Waals surface area (Å²) in [6, 6.07) is 12.1. The number of nitrogens with one attached hydrogen (secondary N) is 2. The van der Waals surface area contributed by atoms with Gasteiger partial charge in [0.2, 0.25) is 0 Å². The molecular formula is C18H17N3O4. The van der Waals surface area contributed by atoms with Crippen LogP contribution in [0.4, 0.5) is 0 Å². The maximum atomic E-state index is 12.2. The highest BCUT2D eigenvalue weighted by atomic mass is 16.5. The number of aromatic amines is 1. The molecule has 0 saturated carbocycles. The number of amides is 1. The topological polar surface area (TPSA) is 95.9 Å². The van der Waals surface area contributed by atoms with E-state index < -0.39 is 0 Å². The van der Waals surface area contributed by atoms with Crippen LogP contribution < -0.4 is 14.9 Å². The number of hydrogen-bond donors (Lipinski definition) is 3. The lowest BCUT2D eigenvalue weighted by molar-refractivity contribution is 0.0951. The van der Waals surface area contributed by atoms with Crippen molar-refractivity contribution in [2.75, 3.05) is 14.2 Å². The van der Waals surface area contributed by atoms with Crippen LogP contribution in [0, 0.1) is 0 Å². The van der Waals surface area contributed by atoms with Crippen molar-refractivity contribution in [2.24, 2.45) is 5.10 Å². The van der Waals surface area contributed by atoms with E-state index in [2.05, 4.69) is 15.5 Å². The summed E-state index contributed by atoms with van der Waals surface area (Å²) in [5.74, 6) is 0.708. The number of aromatic nitrogens is 1. The number of carbonyl (C=O) groups excluding carboxylic acids is 1. The third kappa shape index (κ3) is 3.55. The zero-order chi connectivity index (χ0) is 17.8. The molecule has 0 spiro atoms. The zero-order valence-electron chi connectivity index (χ0n) is 13.7. The molecule has 0 aliphatic heterocycles. The molecule has 25 heavy (non-hydrogen) atoms. The largest absolute Gasteiger partial charge is 0.504 e. The van der Waals surface area contributed by atoms with E-state index in [1.54, 1.807) is 25.3 Å². The summed E-state index contributed by atoms with van der Waals surface area (Å²) in [7, 11) is 3.06. The van der Waals surface area contributed by atoms with E-state index in [1.807, 2.05) is 18.2 Å². The molecule has 128 valence electrons. The lowest BCUT2D eigenvalue weighted by Crippen LogP contribution is -2.17. The van der Waals surface area contributed by atoms with Crippen LogP contribution in [0.1, 0.15) is 16.1 Å². The van der Waals surface area contributed by atoms with Gasteiger partial charge in [-0.05, 0) is 42.0 Å². The van der Waals surface area contributed by atoms with Gasteiger partial charge in [0.15, 0.2) is 11.5 Å². The number of phenolic OH excluding ortho intramolecular Hbond substituents is 1. The fraction of sp³-hybridized carbons (Fsp3) is 0.111. The highest BCUT2D eigenvalue weighted by Gasteiger charge is 2.09. The van der Waals surface area contributed by atoms with E-state index in [0.29, 0.717) is 22.8 Å². The van der Waals surface area contributed by atoms with Gasteiger partial charge in [-0.25, -0.2) is 5.43 Å². The molecule has 1 aromatic heterocycles. The summed E-state index contributed by atoms with van der Waals surface area (Å²) in [5, 5.41) is 14.5. The number of aromatic hydroxyl groups is 1. The molecule has 0 unspecified atom stereocenters. The standard InChI is InChI=1S/C18H17N3O4/c1-24-13-5-4-12-8-15(20-14(12)9-13)18(23)21-19-10-11-3-6-17(25-2)16(22)7-11/h3-10,20,22H,1-2H3,(H,21,23)/b19-10+. The molecule has 0 bridgehead atoms. The Morgan fingerprint density at radius 1 is 1.16 bits per heavy atom. The van der Waals surface area contributed by atoms with Gasteiger partial charge in [-0.15, -0.1) is 0 Å². The molecule has 0 radical (unpaired) electrons. The normalized spacial score (nSPS) is 11.0. The van der Waals surface area contributed by atoms with Gasteiger partial charge in [-0.1, -0.05) is 0 Å². The molecule has 0 aliphatic carbocycles. The SMILES string of the molecule is COc1ccc2cc(C(=O)N/N=C/c3ccc(OC)c(O)c3)[nH]c2c1. The van der Waals surface area contributed by atoms with Crippen molar-refractivity contribution in [3.05, 3.63) is 53.7 Å². The van der Waals surface area contributed by atoms with Crippen molar-refractivity contribution in [2.45, 2.75) is 0 Å². The first kappa shape index (κ1) is 16.4. The van der Waals surface area contributed by atoms with Gasteiger partial charge >= 0.3 is 0 Å². The van der Waals surface area contributed by atoms with Crippen molar-refractivity contribution in [1.82, 2.24) is 10.4 Å². The second kappa shape index (κ2) is 6.96. The molecule has 3 N–H and O–H groups in total. The molecule has 1 heterocycles. The Kier molecular flexibility index (Phi) is 4.56. The molecule has 2 aromatic carbocycles. The maximum absolute atomic E-state index is 12.2. The van der Waals surface area contributed by atoms with Gasteiger partial charge < -0.3 is 19.6 Å². The smallest absolute Gasteiger partial charge is 0.287 e. The number of phenols is 1. The second-order valence-corrected chi connectivity index (χ2v) is 5.27. The number of methoxy groups -OCH3 is 2. The quantitative estimate of drug-likeness (QED) is 0.492. The van der Waals surface area contributed by atoms with Gasteiger partial charge in [0.05, 0.1) is 20.4 Å². The van der Waals surface area contributed by atoms with Gasteiger partial charge in [0.1, 0.15) is 11.4 Å².